The predicted octanol–water partition coefficient (Wildman–Crippen LogP) is 2.04. The van der Waals surface area contributed by atoms with Gasteiger partial charge in [-0.1, -0.05) is 0 Å². The number of pyridine rings is 2. The van der Waals surface area contributed by atoms with Crippen LogP contribution in [0.2, 0.25) is 0 Å². The third kappa shape index (κ3) is 4.16. The van der Waals surface area contributed by atoms with E-state index < -0.39 is 11.5 Å². The van der Waals surface area contributed by atoms with E-state index >= 15 is 0 Å². The van der Waals surface area contributed by atoms with Crippen molar-refractivity contribution in [2.24, 2.45) is 0 Å². The number of fused-ring (bicyclic) bond motifs is 1. The maximum Gasteiger partial charge on any atom is 0.337 e. The Hall–Kier alpha value is -4.74. The van der Waals surface area contributed by atoms with Crippen LogP contribution >= 0.6 is 0 Å². The maximum atomic E-state index is 13.1. The molecular weight excluding hydrogens is 452 g/mol. The standard InChI is InChI=1S/C23H22N8O4/c1-24-16-10-18(29-31-17(12-26-20(16)31)21(32)27-14-4-2-5-14)28-15-6-3-9-30(22(15)33)19-8-7-13(11-25-19)23(34)35/h3,6-12,14,24H,2,4-5H2,1H3,(H,27,32)(H,28,29)(H,34,35). The third-order valence-corrected chi connectivity index (χ3v) is 5.86. The van der Waals surface area contributed by atoms with Gasteiger partial charge in [0, 0.05) is 31.5 Å². The number of hydrogen-bond donors (Lipinski definition) is 4. The molecule has 0 bridgehead atoms. The van der Waals surface area contributed by atoms with Crippen LogP contribution in [-0.2, 0) is 0 Å². The molecule has 0 atom stereocenters. The number of anilines is 3. The number of carbonyl (C=O) groups is 2. The first-order valence-electron chi connectivity index (χ1n) is 11.0. The van der Waals surface area contributed by atoms with E-state index in [2.05, 4.69) is 31.0 Å². The van der Waals surface area contributed by atoms with E-state index in [-0.39, 0.29) is 29.0 Å². The van der Waals surface area contributed by atoms with Gasteiger partial charge in [0.1, 0.15) is 11.5 Å². The van der Waals surface area contributed by atoms with Crippen LogP contribution in [0.5, 0.6) is 0 Å². The average molecular weight is 474 g/mol. The minimum absolute atomic E-state index is 0.0191. The highest BCUT2D eigenvalue weighted by Crippen LogP contribution is 2.23. The van der Waals surface area contributed by atoms with Crippen LogP contribution in [0, 0.1) is 0 Å². The predicted molar refractivity (Wildman–Crippen MR) is 128 cm³/mol. The van der Waals surface area contributed by atoms with Gasteiger partial charge in [0.2, 0.25) is 0 Å². The van der Waals surface area contributed by atoms with Gasteiger partial charge in [-0.3, -0.25) is 14.2 Å². The van der Waals surface area contributed by atoms with Crippen LogP contribution in [0.25, 0.3) is 11.5 Å². The fourth-order valence-corrected chi connectivity index (χ4v) is 3.74. The van der Waals surface area contributed by atoms with Crippen LogP contribution in [0.3, 0.4) is 0 Å². The smallest absolute Gasteiger partial charge is 0.337 e. The molecule has 12 nitrogen and oxygen atoms in total. The average Bonchev–Trinajstić information content (AvgIpc) is 3.26. The van der Waals surface area contributed by atoms with Crippen molar-refractivity contribution in [1.82, 2.24) is 29.5 Å². The van der Waals surface area contributed by atoms with Crippen molar-refractivity contribution < 1.29 is 14.7 Å². The summed E-state index contributed by atoms with van der Waals surface area (Å²) in [6.07, 6.45) is 7.21. The van der Waals surface area contributed by atoms with Crippen LogP contribution in [0.4, 0.5) is 17.2 Å². The molecule has 0 unspecified atom stereocenters. The largest absolute Gasteiger partial charge is 0.478 e. The van der Waals surface area contributed by atoms with Crippen molar-refractivity contribution >= 4 is 34.7 Å². The first kappa shape index (κ1) is 22.1. The molecule has 35 heavy (non-hydrogen) atoms. The Bertz CT molecular complexity index is 1490. The number of nitrogens with one attached hydrogen (secondary N) is 3. The molecule has 1 fully saturated rings. The monoisotopic (exact) mass is 474 g/mol. The molecule has 4 aromatic rings. The molecule has 5 rings (SSSR count). The van der Waals surface area contributed by atoms with Gasteiger partial charge in [-0.15, -0.1) is 5.10 Å². The van der Waals surface area contributed by atoms with E-state index in [0.717, 1.165) is 19.3 Å². The first-order valence-corrected chi connectivity index (χ1v) is 11.0. The lowest BCUT2D eigenvalue weighted by Crippen LogP contribution is -2.40. The summed E-state index contributed by atoms with van der Waals surface area (Å²) in [4.78, 5) is 45.4. The van der Waals surface area contributed by atoms with Crippen molar-refractivity contribution in [1.29, 1.82) is 0 Å². The molecule has 1 aliphatic rings. The third-order valence-electron chi connectivity index (χ3n) is 5.86. The highest BCUT2D eigenvalue weighted by Gasteiger charge is 2.23. The van der Waals surface area contributed by atoms with Gasteiger partial charge in [0.25, 0.3) is 11.5 Å². The summed E-state index contributed by atoms with van der Waals surface area (Å²) >= 11 is 0. The van der Waals surface area contributed by atoms with Crippen molar-refractivity contribution in [3.8, 4) is 5.82 Å². The Morgan fingerprint density at radius 2 is 1.94 bits per heavy atom. The van der Waals surface area contributed by atoms with E-state index in [1.165, 1.54) is 39.8 Å². The molecule has 4 aromatic heterocycles. The molecule has 0 saturated heterocycles. The summed E-state index contributed by atoms with van der Waals surface area (Å²) in [6.45, 7) is 0. The molecule has 1 aliphatic carbocycles. The van der Waals surface area contributed by atoms with Gasteiger partial charge in [-0.2, -0.15) is 0 Å². The summed E-state index contributed by atoms with van der Waals surface area (Å²) < 4.78 is 2.73. The second kappa shape index (κ2) is 8.89. The zero-order chi connectivity index (χ0) is 24.5. The van der Waals surface area contributed by atoms with Gasteiger partial charge >= 0.3 is 5.97 Å². The number of nitrogens with zero attached hydrogens (tertiary/aromatic N) is 5. The lowest BCUT2D eigenvalue weighted by Gasteiger charge is -2.26. The van der Waals surface area contributed by atoms with E-state index in [0.29, 0.717) is 22.8 Å². The molecule has 0 radical (unpaired) electrons. The Labute approximate surface area is 198 Å². The van der Waals surface area contributed by atoms with Crippen LogP contribution in [0.15, 0.2) is 53.7 Å². The molecule has 1 saturated carbocycles. The van der Waals surface area contributed by atoms with Crippen molar-refractivity contribution in [3.63, 3.8) is 0 Å². The van der Waals surface area contributed by atoms with E-state index in [1.807, 2.05) is 0 Å². The van der Waals surface area contributed by atoms with Crippen molar-refractivity contribution in [2.45, 2.75) is 25.3 Å². The molecule has 12 heteroatoms. The molecule has 4 N–H and O–H groups in total. The Morgan fingerprint density at radius 1 is 1.11 bits per heavy atom. The van der Waals surface area contributed by atoms with Crippen LogP contribution < -0.4 is 21.5 Å². The highest BCUT2D eigenvalue weighted by atomic mass is 16.4. The minimum Gasteiger partial charge on any atom is -0.478 e. The fraction of sp³-hybridized carbons (Fsp3) is 0.217. The van der Waals surface area contributed by atoms with Gasteiger partial charge in [-0.25, -0.2) is 19.3 Å². The van der Waals surface area contributed by atoms with Gasteiger partial charge in [0.05, 0.1) is 17.4 Å². The van der Waals surface area contributed by atoms with E-state index in [1.54, 1.807) is 25.2 Å². The molecule has 4 heterocycles. The SMILES string of the molecule is CNc1cc(Nc2cccn(-c3ccc(C(=O)O)cn3)c2=O)nn2c(C(=O)NC3CCC3)cnc12. The quantitative estimate of drug-likeness (QED) is 0.315. The minimum atomic E-state index is -1.10. The molecule has 178 valence electrons. The number of aromatic nitrogens is 5. The summed E-state index contributed by atoms with van der Waals surface area (Å²) in [5, 5.41) is 22.6. The summed E-state index contributed by atoms with van der Waals surface area (Å²) in [6, 6.07) is 7.93. The summed E-state index contributed by atoms with van der Waals surface area (Å²) in [7, 11) is 1.73. The number of carboxylic acid groups (broad SMARTS) is 1. The Balaban J connectivity index is 1.48. The molecular formula is C23H22N8O4. The number of hydrogen-bond acceptors (Lipinski definition) is 8. The number of carboxylic acids is 1. The molecule has 0 spiro atoms. The fourth-order valence-electron chi connectivity index (χ4n) is 3.74. The maximum absolute atomic E-state index is 13.1. The molecule has 0 aromatic carbocycles. The zero-order valence-corrected chi connectivity index (χ0v) is 18.7. The van der Waals surface area contributed by atoms with Gasteiger partial charge < -0.3 is 21.1 Å². The highest BCUT2D eigenvalue weighted by molar-refractivity contribution is 5.94. The number of carbonyl (C=O) groups excluding carboxylic acids is 1. The second-order valence-electron chi connectivity index (χ2n) is 8.11. The van der Waals surface area contributed by atoms with Crippen LogP contribution in [0.1, 0.15) is 40.1 Å². The van der Waals surface area contributed by atoms with E-state index in [4.69, 9.17) is 5.11 Å². The number of imidazole rings is 1. The number of amides is 1. The number of aromatic carboxylic acids is 1. The van der Waals surface area contributed by atoms with Crippen molar-refractivity contribution in [2.75, 3.05) is 17.7 Å². The second-order valence-corrected chi connectivity index (χ2v) is 8.11. The molecule has 0 aliphatic heterocycles. The Morgan fingerprint density at radius 3 is 2.60 bits per heavy atom. The first-order chi connectivity index (χ1) is 16.9. The van der Waals surface area contributed by atoms with E-state index in [9.17, 15) is 14.4 Å². The van der Waals surface area contributed by atoms with Crippen LogP contribution in [-0.4, -0.2) is 54.2 Å². The lowest BCUT2D eigenvalue weighted by molar-refractivity contribution is 0.0696. The lowest BCUT2D eigenvalue weighted by atomic mass is 9.93. The summed E-state index contributed by atoms with van der Waals surface area (Å²) in [5.41, 5.74) is 1.21. The van der Waals surface area contributed by atoms with Gasteiger partial charge in [0.15, 0.2) is 17.2 Å². The zero-order valence-electron chi connectivity index (χ0n) is 18.7. The topological polar surface area (TPSA) is 156 Å². The van der Waals surface area contributed by atoms with Gasteiger partial charge in [-0.05, 0) is 43.5 Å². The Kier molecular flexibility index (Phi) is 5.61. The summed E-state index contributed by atoms with van der Waals surface area (Å²) in [5.74, 6) is -0.769. The normalized spacial score (nSPS) is 13.3. The molecule has 1 amide bonds. The number of rotatable bonds is 7. The van der Waals surface area contributed by atoms with Crippen molar-refractivity contribution in [3.05, 3.63) is 70.5 Å².